The second kappa shape index (κ2) is 7.43. The van der Waals surface area contributed by atoms with Crippen LogP contribution >= 0.6 is 0 Å². The Kier molecular flexibility index (Phi) is 5.09. The van der Waals surface area contributed by atoms with Gasteiger partial charge in [-0.2, -0.15) is 0 Å². The van der Waals surface area contributed by atoms with Crippen molar-refractivity contribution in [3.8, 4) is 0 Å². The first-order valence-corrected chi connectivity index (χ1v) is 8.44. The lowest BCUT2D eigenvalue weighted by atomic mass is 9.90. The van der Waals surface area contributed by atoms with E-state index in [2.05, 4.69) is 40.6 Å². The molecule has 4 heteroatoms. The minimum absolute atomic E-state index is 0.0973. The molecule has 2 aliphatic heterocycles. The fourth-order valence-electron chi connectivity index (χ4n) is 3.27. The van der Waals surface area contributed by atoms with Crippen molar-refractivity contribution >= 4 is 11.7 Å². The third-order valence-corrected chi connectivity index (χ3v) is 4.62. The van der Waals surface area contributed by atoms with E-state index in [1.54, 1.807) is 0 Å². The predicted molar refractivity (Wildman–Crippen MR) is 89.0 cm³/mol. The zero-order valence-corrected chi connectivity index (χ0v) is 13.1. The summed E-state index contributed by atoms with van der Waals surface area (Å²) in [5.41, 5.74) is 1.40. The minimum Gasteiger partial charge on any atom is -0.366 e. The molecule has 0 atom stereocenters. The van der Waals surface area contributed by atoms with Gasteiger partial charge in [-0.25, -0.2) is 0 Å². The van der Waals surface area contributed by atoms with E-state index in [-0.39, 0.29) is 5.91 Å². The van der Waals surface area contributed by atoms with E-state index in [0.717, 1.165) is 58.3 Å². The van der Waals surface area contributed by atoms with Crippen LogP contribution < -0.4 is 5.32 Å². The third-order valence-electron chi connectivity index (χ3n) is 4.62. The summed E-state index contributed by atoms with van der Waals surface area (Å²) in [4.78, 5) is 18.9. The van der Waals surface area contributed by atoms with Crippen molar-refractivity contribution in [1.29, 1.82) is 0 Å². The van der Waals surface area contributed by atoms with Gasteiger partial charge < -0.3 is 10.2 Å². The van der Waals surface area contributed by atoms with Crippen LogP contribution in [0.3, 0.4) is 0 Å². The Morgan fingerprint density at radius 1 is 1.18 bits per heavy atom. The molecule has 1 N–H and O–H groups in total. The third kappa shape index (κ3) is 3.87. The number of benzene rings is 1. The molecule has 1 amide bonds. The number of hydrogen-bond acceptors (Lipinski definition) is 3. The molecule has 4 nitrogen and oxygen atoms in total. The average molecular weight is 299 g/mol. The van der Waals surface area contributed by atoms with E-state index in [1.807, 2.05) is 4.90 Å². The number of amides is 1. The molecule has 1 aromatic carbocycles. The summed E-state index contributed by atoms with van der Waals surface area (Å²) in [5, 5.41) is 3.19. The van der Waals surface area contributed by atoms with Gasteiger partial charge in [0.05, 0.1) is 0 Å². The van der Waals surface area contributed by atoms with Crippen LogP contribution in [0.25, 0.3) is 0 Å². The Morgan fingerprint density at radius 3 is 2.73 bits per heavy atom. The van der Waals surface area contributed by atoms with Crippen LogP contribution in [0.4, 0.5) is 0 Å². The first-order chi connectivity index (χ1) is 10.8. The molecule has 0 aromatic heterocycles. The van der Waals surface area contributed by atoms with Crippen LogP contribution in [-0.4, -0.2) is 42.8 Å². The SMILES string of the molecule is O=C(C1=NCCCCN1)N1CCC(Cc2ccccc2)CC1. The number of likely N-dealkylation sites (tertiary alicyclic amines) is 1. The summed E-state index contributed by atoms with van der Waals surface area (Å²) in [6.07, 6.45) is 5.48. The van der Waals surface area contributed by atoms with Crippen LogP contribution in [-0.2, 0) is 11.2 Å². The van der Waals surface area contributed by atoms with Crippen molar-refractivity contribution in [2.45, 2.75) is 32.1 Å². The molecule has 0 aliphatic carbocycles. The second-order valence-corrected chi connectivity index (χ2v) is 6.29. The largest absolute Gasteiger partial charge is 0.366 e. The Hall–Kier alpha value is -1.84. The van der Waals surface area contributed by atoms with Crippen molar-refractivity contribution in [1.82, 2.24) is 10.2 Å². The molecular weight excluding hydrogens is 274 g/mol. The van der Waals surface area contributed by atoms with Gasteiger partial charge >= 0.3 is 0 Å². The van der Waals surface area contributed by atoms with Gasteiger partial charge in [-0.15, -0.1) is 0 Å². The molecule has 2 heterocycles. The molecule has 22 heavy (non-hydrogen) atoms. The number of rotatable bonds is 3. The molecular formula is C18H25N3O. The van der Waals surface area contributed by atoms with Gasteiger partial charge in [0.15, 0.2) is 5.84 Å². The van der Waals surface area contributed by atoms with Gasteiger partial charge in [-0.3, -0.25) is 9.79 Å². The molecule has 1 saturated heterocycles. The van der Waals surface area contributed by atoms with Crippen molar-refractivity contribution in [3.05, 3.63) is 35.9 Å². The normalized spacial score (nSPS) is 20.0. The van der Waals surface area contributed by atoms with Gasteiger partial charge in [0.25, 0.3) is 5.91 Å². The van der Waals surface area contributed by atoms with Gasteiger partial charge in [0.1, 0.15) is 0 Å². The molecule has 1 fully saturated rings. The molecule has 0 bridgehead atoms. The zero-order valence-electron chi connectivity index (χ0n) is 13.1. The molecule has 0 radical (unpaired) electrons. The number of hydrogen-bond donors (Lipinski definition) is 1. The highest BCUT2D eigenvalue weighted by atomic mass is 16.2. The van der Waals surface area contributed by atoms with Gasteiger partial charge in [-0.05, 0) is 43.6 Å². The van der Waals surface area contributed by atoms with E-state index >= 15 is 0 Å². The van der Waals surface area contributed by atoms with Crippen molar-refractivity contribution in [2.24, 2.45) is 10.9 Å². The van der Waals surface area contributed by atoms with E-state index in [0.29, 0.717) is 11.8 Å². The lowest BCUT2D eigenvalue weighted by molar-refractivity contribution is -0.125. The highest BCUT2D eigenvalue weighted by Gasteiger charge is 2.26. The summed E-state index contributed by atoms with van der Waals surface area (Å²) in [7, 11) is 0. The molecule has 0 saturated carbocycles. The Balaban J connectivity index is 1.51. The van der Waals surface area contributed by atoms with Crippen molar-refractivity contribution < 1.29 is 4.79 Å². The number of piperidine rings is 1. The summed E-state index contributed by atoms with van der Waals surface area (Å²) < 4.78 is 0. The second-order valence-electron chi connectivity index (χ2n) is 6.29. The first-order valence-electron chi connectivity index (χ1n) is 8.44. The van der Waals surface area contributed by atoms with Crippen molar-refractivity contribution in [2.75, 3.05) is 26.2 Å². The summed E-state index contributed by atoms with van der Waals surface area (Å²) in [6.45, 7) is 3.36. The molecule has 0 spiro atoms. The van der Waals surface area contributed by atoms with E-state index in [4.69, 9.17) is 0 Å². The van der Waals surface area contributed by atoms with Gasteiger partial charge in [0, 0.05) is 26.2 Å². The van der Waals surface area contributed by atoms with Crippen LogP contribution in [0.5, 0.6) is 0 Å². The van der Waals surface area contributed by atoms with Crippen LogP contribution in [0.1, 0.15) is 31.2 Å². The lowest BCUT2D eigenvalue weighted by Gasteiger charge is -2.32. The fourth-order valence-corrected chi connectivity index (χ4v) is 3.27. The van der Waals surface area contributed by atoms with E-state index in [1.165, 1.54) is 5.56 Å². The average Bonchev–Trinajstić information content (AvgIpc) is 2.85. The monoisotopic (exact) mass is 299 g/mol. The maximum Gasteiger partial charge on any atom is 0.288 e. The smallest absolute Gasteiger partial charge is 0.288 e. The number of carbonyl (C=O) groups excluding carboxylic acids is 1. The minimum atomic E-state index is 0.0973. The Labute approximate surface area is 132 Å². The molecule has 3 rings (SSSR count). The van der Waals surface area contributed by atoms with Gasteiger partial charge in [0.2, 0.25) is 0 Å². The fraction of sp³-hybridized carbons (Fsp3) is 0.556. The maximum atomic E-state index is 12.5. The summed E-state index contributed by atoms with van der Waals surface area (Å²) >= 11 is 0. The standard InChI is InChI=1S/C18H25N3O/c22-18(17-19-10-4-5-11-20-17)21-12-8-16(9-13-21)14-15-6-2-1-3-7-15/h1-3,6-7,16H,4-5,8-14H2,(H,19,20). The Bertz CT molecular complexity index is 518. The quantitative estimate of drug-likeness (QED) is 0.930. The zero-order chi connectivity index (χ0) is 15.2. The van der Waals surface area contributed by atoms with Crippen LogP contribution in [0.2, 0.25) is 0 Å². The number of nitrogens with one attached hydrogen (secondary N) is 1. The highest BCUT2D eigenvalue weighted by Crippen LogP contribution is 2.21. The van der Waals surface area contributed by atoms with Crippen LogP contribution in [0.15, 0.2) is 35.3 Å². The van der Waals surface area contributed by atoms with Gasteiger partial charge in [-0.1, -0.05) is 30.3 Å². The maximum absolute atomic E-state index is 12.5. The molecule has 2 aliphatic rings. The lowest BCUT2D eigenvalue weighted by Crippen LogP contribution is -2.46. The van der Waals surface area contributed by atoms with Crippen LogP contribution in [0, 0.1) is 5.92 Å². The topological polar surface area (TPSA) is 44.7 Å². The van der Waals surface area contributed by atoms with E-state index < -0.39 is 0 Å². The first kappa shape index (κ1) is 15.1. The molecule has 118 valence electrons. The highest BCUT2D eigenvalue weighted by molar-refractivity contribution is 6.37. The molecule has 1 aromatic rings. The summed E-state index contributed by atoms with van der Waals surface area (Å²) in [5.74, 6) is 1.37. The number of aliphatic imine (C=N–C) groups is 1. The summed E-state index contributed by atoms with van der Waals surface area (Å²) in [6, 6.07) is 10.7. The van der Waals surface area contributed by atoms with E-state index in [9.17, 15) is 4.79 Å². The number of nitrogens with zero attached hydrogens (tertiary/aromatic N) is 2. The predicted octanol–water partition coefficient (Wildman–Crippen LogP) is 2.25. The Morgan fingerprint density at radius 2 is 1.95 bits per heavy atom. The number of carbonyl (C=O) groups is 1. The van der Waals surface area contributed by atoms with Crippen molar-refractivity contribution in [3.63, 3.8) is 0 Å². The molecule has 0 unspecified atom stereocenters. The number of amidine groups is 1.